The lowest BCUT2D eigenvalue weighted by molar-refractivity contribution is 0.102. The molecule has 3 aromatic rings. The molecule has 0 bridgehead atoms. The van der Waals surface area contributed by atoms with Gasteiger partial charge in [0.25, 0.3) is 5.91 Å². The summed E-state index contributed by atoms with van der Waals surface area (Å²) >= 11 is 0. The van der Waals surface area contributed by atoms with E-state index in [1.807, 2.05) is 43.3 Å². The number of phenolic OH excluding ortho intramolecular Hbond substituents is 1. The molecule has 2 fully saturated rings. The second-order valence-corrected chi connectivity index (χ2v) is 10.1. The zero-order chi connectivity index (χ0) is 26.5. The molecule has 0 spiro atoms. The molecule has 0 radical (unpaired) electrons. The average Bonchev–Trinajstić information content (AvgIpc) is 2.94. The van der Waals surface area contributed by atoms with E-state index >= 15 is 0 Å². The molecule has 0 saturated carbocycles. The van der Waals surface area contributed by atoms with Crippen LogP contribution in [0.15, 0.2) is 42.5 Å². The van der Waals surface area contributed by atoms with Gasteiger partial charge in [-0.1, -0.05) is 0 Å². The molecule has 2 aliphatic heterocycles. The van der Waals surface area contributed by atoms with Crippen molar-refractivity contribution in [3.63, 3.8) is 0 Å². The lowest BCUT2D eigenvalue weighted by atomic mass is 10.1. The largest absolute Gasteiger partial charge is 0.507 e. The van der Waals surface area contributed by atoms with Crippen LogP contribution in [0, 0.1) is 0 Å². The predicted octanol–water partition coefficient (Wildman–Crippen LogP) is 4.62. The maximum Gasteiger partial charge on any atom is 0.259 e. The van der Waals surface area contributed by atoms with E-state index in [4.69, 9.17) is 15.0 Å². The number of amides is 1. The monoisotopic (exact) mass is 516 g/mol. The van der Waals surface area contributed by atoms with Crippen LogP contribution in [0.5, 0.6) is 5.75 Å². The van der Waals surface area contributed by atoms with Gasteiger partial charge in [-0.05, 0) is 74.9 Å². The number of nitrogens with one attached hydrogen (secondary N) is 2. The highest BCUT2D eigenvalue weighted by Crippen LogP contribution is 2.26. The standard InChI is InChI=1S/C28H36N8O2/c1-34(2)22-13-14-23(24(37)19-22)25(38)29-20-9-11-21(12-10-20)30-26-31-27(35-15-5-3-6-16-35)33-28(32-26)36-17-7-4-8-18-36/h9-14,19,37H,3-8,15-18H2,1-2H3,(H,29,38)(H,30,31,32,33). The average molecular weight is 517 g/mol. The fraction of sp³-hybridized carbons (Fsp3) is 0.429. The molecular formula is C28H36N8O2. The Hall–Kier alpha value is -4.08. The van der Waals surface area contributed by atoms with Crippen LogP contribution in [0.3, 0.4) is 0 Å². The summed E-state index contributed by atoms with van der Waals surface area (Å²) in [5.74, 6) is 1.54. The van der Waals surface area contributed by atoms with Crippen LogP contribution in [-0.2, 0) is 0 Å². The van der Waals surface area contributed by atoms with Crippen molar-refractivity contribution in [2.45, 2.75) is 38.5 Å². The molecule has 3 heterocycles. The molecule has 3 N–H and O–H groups in total. The van der Waals surface area contributed by atoms with Gasteiger partial charge >= 0.3 is 0 Å². The fourth-order valence-electron chi connectivity index (χ4n) is 4.84. The summed E-state index contributed by atoms with van der Waals surface area (Å²) in [6, 6.07) is 12.4. The first-order valence-electron chi connectivity index (χ1n) is 13.4. The Morgan fingerprint density at radius 3 is 1.87 bits per heavy atom. The molecule has 0 unspecified atom stereocenters. The number of rotatable bonds is 7. The van der Waals surface area contributed by atoms with Crippen LogP contribution >= 0.6 is 0 Å². The number of hydrogen-bond donors (Lipinski definition) is 3. The molecule has 2 aliphatic rings. The lowest BCUT2D eigenvalue weighted by Gasteiger charge is -2.30. The minimum atomic E-state index is -0.372. The number of anilines is 6. The van der Waals surface area contributed by atoms with Crippen LogP contribution in [0.2, 0.25) is 0 Å². The summed E-state index contributed by atoms with van der Waals surface area (Å²) in [6.45, 7) is 3.85. The number of nitrogens with zero attached hydrogens (tertiary/aromatic N) is 6. The highest BCUT2D eigenvalue weighted by atomic mass is 16.3. The smallest absolute Gasteiger partial charge is 0.259 e. The van der Waals surface area contributed by atoms with Crippen LogP contribution < -0.4 is 25.3 Å². The number of carbonyl (C=O) groups is 1. The van der Waals surface area contributed by atoms with Gasteiger partial charge in [-0.15, -0.1) is 0 Å². The molecule has 10 nitrogen and oxygen atoms in total. The van der Waals surface area contributed by atoms with Gasteiger partial charge in [0, 0.05) is 63.4 Å². The molecule has 1 amide bonds. The third kappa shape index (κ3) is 6.07. The summed E-state index contributed by atoms with van der Waals surface area (Å²) in [6.07, 6.45) is 7.10. The molecule has 10 heteroatoms. The fourth-order valence-corrected chi connectivity index (χ4v) is 4.84. The van der Waals surface area contributed by atoms with Crippen LogP contribution in [0.1, 0.15) is 48.9 Å². The minimum absolute atomic E-state index is 0.0594. The van der Waals surface area contributed by atoms with Crippen molar-refractivity contribution < 1.29 is 9.90 Å². The van der Waals surface area contributed by atoms with E-state index in [0.717, 1.165) is 75.1 Å². The zero-order valence-electron chi connectivity index (χ0n) is 22.2. The number of carbonyl (C=O) groups excluding carboxylic acids is 1. The van der Waals surface area contributed by atoms with Gasteiger partial charge in [-0.3, -0.25) is 4.79 Å². The van der Waals surface area contributed by atoms with E-state index in [2.05, 4.69) is 20.4 Å². The van der Waals surface area contributed by atoms with Crippen LogP contribution in [0.4, 0.5) is 34.9 Å². The predicted molar refractivity (Wildman–Crippen MR) is 152 cm³/mol. The molecule has 0 atom stereocenters. The van der Waals surface area contributed by atoms with E-state index < -0.39 is 0 Å². The summed E-state index contributed by atoms with van der Waals surface area (Å²) in [7, 11) is 3.76. The number of phenols is 1. The van der Waals surface area contributed by atoms with Crippen molar-refractivity contribution >= 4 is 40.8 Å². The van der Waals surface area contributed by atoms with Crippen LogP contribution in [-0.4, -0.2) is 66.2 Å². The third-order valence-electron chi connectivity index (χ3n) is 7.03. The van der Waals surface area contributed by atoms with E-state index in [-0.39, 0.29) is 17.2 Å². The van der Waals surface area contributed by atoms with Crippen molar-refractivity contribution in [2.75, 3.05) is 65.6 Å². The molecule has 1 aromatic heterocycles. The van der Waals surface area contributed by atoms with Gasteiger partial charge in [0.1, 0.15) is 5.75 Å². The Kier molecular flexibility index (Phi) is 7.76. The highest BCUT2D eigenvalue weighted by molar-refractivity contribution is 6.06. The topological polar surface area (TPSA) is 110 Å². The molecule has 200 valence electrons. The first-order chi connectivity index (χ1) is 18.5. The Morgan fingerprint density at radius 1 is 0.789 bits per heavy atom. The second kappa shape index (κ2) is 11.5. The maximum atomic E-state index is 12.7. The Labute approximate surface area is 223 Å². The van der Waals surface area contributed by atoms with E-state index in [0.29, 0.717) is 11.6 Å². The summed E-state index contributed by atoms with van der Waals surface area (Å²) < 4.78 is 0. The number of piperidine rings is 2. The van der Waals surface area contributed by atoms with Crippen molar-refractivity contribution in [2.24, 2.45) is 0 Å². The van der Waals surface area contributed by atoms with Gasteiger partial charge in [0.05, 0.1) is 5.56 Å². The SMILES string of the molecule is CN(C)c1ccc(C(=O)Nc2ccc(Nc3nc(N4CCCCC4)nc(N4CCCCC4)n3)cc2)c(O)c1. The molecule has 0 aliphatic carbocycles. The van der Waals surface area contributed by atoms with Crippen molar-refractivity contribution in [1.29, 1.82) is 0 Å². The van der Waals surface area contributed by atoms with Gasteiger partial charge < -0.3 is 30.4 Å². The van der Waals surface area contributed by atoms with Gasteiger partial charge in [0.15, 0.2) is 0 Å². The third-order valence-corrected chi connectivity index (χ3v) is 7.03. The summed E-state index contributed by atoms with van der Waals surface area (Å²) in [4.78, 5) is 33.4. The first kappa shape index (κ1) is 25.6. The van der Waals surface area contributed by atoms with E-state index in [9.17, 15) is 9.90 Å². The number of benzene rings is 2. The van der Waals surface area contributed by atoms with Gasteiger partial charge in [-0.2, -0.15) is 15.0 Å². The van der Waals surface area contributed by atoms with Crippen molar-refractivity contribution in [1.82, 2.24) is 15.0 Å². The van der Waals surface area contributed by atoms with E-state index in [1.54, 1.807) is 18.2 Å². The zero-order valence-corrected chi connectivity index (χ0v) is 22.2. The second-order valence-electron chi connectivity index (χ2n) is 10.1. The summed E-state index contributed by atoms with van der Waals surface area (Å²) in [5.41, 5.74) is 2.47. The number of aromatic nitrogens is 3. The molecule has 38 heavy (non-hydrogen) atoms. The Morgan fingerprint density at radius 2 is 1.34 bits per heavy atom. The van der Waals surface area contributed by atoms with Gasteiger partial charge in [0.2, 0.25) is 17.8 Å². The molecular weight excluding hydrogens is 480 g/mol. The van der Waals surface area contributed by atoms with Crippen molar-refractivity contribution in [3.05, 3.63) is 48.0 Å². The first-order valence-corrected chi connectivity index (χ1v) is 13.4. The Bertz CT molecular complexity index is 1220. The molecule has 2 aromatic carbocycles. The summed E-state index contributed by atoms with van der Waals surface area (Å²) in [5, 5.41) is 16.5. The number of hydrogen-bond acceptors (Lipinski definition) is 9. The van der Waals surface area contributed by atoms with Crippen molar-refractivity contribution in [3.8, 4) is 5.75 Å². The Balaban J connectivity index is 1.30. The normalized spacial score (nSPS) is 15.7. The maximum absolute atomic E-state index is 12.7. The molecule has 2 saturated heterocycles. The minimum Gasteiger partial charge on any atom is -0.507 e. The number of aromatic hydroxyl groups is 1. The molecule has 5 rings (SSSR count). The van der Waals surface area contributed by atoms with Gasteiger partial charge in [-0.25, -0.2) is 0 Å². The highest BCUT2D eigenvalue weighted by Gasteiger charge is 2.20. The quantitative estimate of drug-likeness (QED) is 0.414. The lowest BCUT2D eigenvalue weighted by Crippen LogP contribution is -2.34. The van der Waals surface area contributed by atoms with Crippen LogP contribution in [0.25, 0.3) is 0 Å². The van der Waals surface area contributed by atoms with E-state index in [1.165, 1.54) is 12.8 Å².